The molecule has 11 heteroatoms. The molecule has 0 bridgehead atoms. The fourth-order valence-corrected chi connectivity index (χ4v) is 4.56. The highest BCUT2D eigenvalue weighted by atomic mass is 35.5. The number of benzene rings is 1. The molecule has 1 aromatic heterocycles. The standard InChI is InChI=1S/C20H18ClF3N6O/c21-12-1-2-13(20(22,23)24)11(6-12)9-29-4-3-26-19-17(29)15-16(30(15)19)18-27-14(31-28-18)5-10-7-25-8-10/h1-2,6,10,25-26H,3-5,7-9H2. The number of hydrogen-bond donors (Lipinski definition) is 2. The summed E-state index contributed by atoms with van der Waals surface area (Å²) in [5.74, 6) is 2.53. The molecular weight excluding hydrogens is 433 g/mol. The summed E-state index contributed by atoms with van der Waals surface area (Å²) in [7, 11) is 0. The van der Waals surface area contributed by atoms with Gasteiger partial charge in [-0.1, -0.05) is 16.8 Å². The molecule has 0 atom stereocenters. The van der Waals surface area contributed by atoms with Crippen molar-refractivity contribution in [1.82, 2.24) is 20.0 Å². The van der Waals surface area contributed by atoms with Crippen LogP contribution < -0.4 is 15.5 Å². The average molecular weight is 451 g/mol. The number of aromatic nitrogens is 3. The summed E-state index contributed by atoms with van der Waals surface area (Å²) in [5, 5.41) is 10.9. The highest BCUT2D eigenvalue weighted by Crippen LogP contribution is 2.58. The van der Waals surface area contributed by atoms with Crippen LogP contribution in [0.2, 0.25) is 5.02 Å². The molecule has 2 N–H and O–H groups in total. The third-order valence-corrected chi connectivity index (χ3v) is 6.26. The predicted molar refractivity (Wildman–Crippen MR) is 109 cm³/mol. The van der Waals surface area contributed by atoms with Crippen molar-refractivity contribution in [3.8, 4) is 17.2 Å². The summed E-state index contributed by atoms with van der Waals surface area (Å²) in [6.07, 6.45) is -3.69. The maximum Gasteiger partial charge on any atom is 0.416 e. The first-order valence-corrected chi connectivity index (χ1v) is 10.4. The summed E-state index contributed by atoms with van der Waals surface area (Å²) in [6.45, 7) is 3.24. The Morgan fingerprint density at radius 3 is 2.81 bits per heavy atom. The van der Waals surface area contributed by atoms with E-state index in [4.69, 9.17) is 16.1 Å². The van der Waals surface area contributed by atoms with Crippen molar-refractivity contribution in [2.75, 3.05) is 36.4 Å². The maximum atomic E-state index is 13.5. The minimum Gasteiger partial charge on any atom is -0.368 e. The quantitative estimate of drug-likeness (QED) is 0.483. The topological polar surface area (TPSA) is 71.2 Å². The highest BCUT2D eigenvalue weighted by Gasteiger charge is 2.45. The number of anilines is 2. The third-order valence-electron chi connectivity index (χ3n) is 6.03. The molecule has 4 aliphatic rings. The van der Waals surface area contributed by atoms with Gasteiger partial charge in [0.1, 0.15) is 22.9 Å². The molecule has 0 saturated carbocycles. The van der Waals surface area contributed by atoms with Gasteiger partial charge in [0, 0.05) is 31.1 Å². The molecule has 0 aliphatic carbocycles. The Bertz CT molecular complexity index is 1180. The van der Waals surface area contributed by atoms with Crippen molar-refractivity contribution < 1.29 is 17.7 Å². The van der Waals surface area contributed by atoms with Gasteiger partial charge in [-0.2, -0.15) is 18.2 Å². The van der Waals surface area contributed by atoms with Crippen molar-refractivity contribution in [2.45, 2.75) is 19.1 Å². The maximum absolute atomic E-state index is 13.5. The molecule has 7 nitrogen and oxygen atoms in total. The molecule has 0 unspecified atom stereocenters. The zero-order chi connectivity index (χ0) is 21.3. The van der Waals surface area contributed by atoms with Crippen molar-refractivity contribution in [3.63, 3.8) is 0 Å². The molecule has 162 valence electrons. The van der Waals surface area contributed by atoms with Crippen LogP contribution in [0, 0.1) is 5.92 Å². The normalized spacial score (nSPS) is 17.4. The second-order valence-corrected chi connectivity index (χ2v) is 8.55. The first-order chi connectivity index (χ1) is 14.9. The van der Waals surface area contributed by atoms with Crippen LogP contribution in [0.5, 0.6) is 0 Å². The largest absolute Gasteiger partial charge is 0.416 e. The fourth-order valence-electron chi connectivity index (χ4n) is 4.37. The lowest BCUT2D eigenvalue weighted by atomic mass is 10.00. The molecular formula is C20H18ClF3N6O. The van der Waals surface area contributed by atoms with E-state index in [0.717, 1.165) is 48.5 Å². The molecule has 0 radical (unpaired) electrons. The summed E-state index contributed by atoms with van der Waals surface area (Å²) < 4.78 is 47.8. The molecule has 1 fully saturated rings. The van der Waals surface area contributed by atoms with Gasteiger partial charge in [0.05, 0.1) is 5.56 Å². The van der Waals surface area contributed by atoms with E-state index in [0.29, 0.717) is 30.7 Å². The van der Waals surface area contributed by atoms with Gasteiger partial charge in [0.2, 0.25) is 11.7 Å². The van der Waals surface area contributed by atoms with Gasteiger partial charge >= 0.3 is 6.18 Å². The number of nitrogens with zero attached hydrogens (tertiary/aromatic N) is 4. The number of fused-ring (bicyclic) bond motifs is 4. The average Bonchev–Trinajstić information content (AvgIpc) is 3.07. The van der Waals surface area contributed by atoms with Crippen molar-refractivity contribution in [2.24, 2.45) is 5.92 Å². The summed E-state index contributed by atoms with van der Waals surface area (Å²) in [6, 6.07) is 3.71. The number of nitrogens with one attached hydrogen (secondary N) is 2. The molecule has 1 aromatic carbocycles. The summed E-state index contributed by atoms with van der Waals surface area (Å²) in [4.78, 5) is 6.47. The van der Waals surface area contributed by atoms with E-state index >= 15 is 0 Å². The molecule has 1 saturated heterocycles. The van der Waals surface area contributed by atoms with E-state index in [9.17, 15) is 13.2 Å². The fraction of sp³-hybridized carbons (Fsp3) is 0.400. The number of hydrogen-bond acceptors (Lipinski definition) is 6. The van der Waals surface area contributed by atoms with Crippen LogP contribution in [0.25, 0.3) is 17.2 Å². The second kappa shape index (κ2) is 6.64. The van der Waals surface area contributed by atoms with Crippen LogP contribution in [0.15, 0.2) is 22.7 Å². The molecule has 4 aliphatic heterocycles. The molecule has 0 amide bonds. The lowest BCUT2D eigenvalue weighted by molar-refractivity contribution is -0.138. The monoisotopic (exact) mass is 450 g/mol. The Balaban J connectivity index is 1.28. The molecule has 31 heavy (non-hydrogen) atoms. The Morgan fingerprint density at radius 1 is 1.23 bits per heavy atom. The van der Waals surface area contributed by atoms with E-state index in [1.54, 1.807) is 0 Å². The second-order valence-electron chi connectivity index (χ2n) is 8.12. The van der Waals surface area contributed by atoms with E-state index in [-0.39, 0.29) is 17.1 Å². The summed E-state index contributed by atoms with van der Waals surface area (Å²) in [5.41, 5.74) is 2.19. The van der Waals surface area contributed by atoms with Gasteiger partial charge < -0.3 is 20.1 Å². The van der Waals surface area contributed by atoms with Crippen LogP contribution in [0.3, 0.4) is 0 Å². The first-order valence-electron chi connectivity index (χ1n) is 10.1. The zero-order valence-electron chi connectivity index (χ0n) is 16.3. The van der Waals surface area contributed by atoms with Gasteiger partial charge in [-0.15, -0.1) is 0 Å². The Labute approximate surface area is 180 Å². The lowest BCUT2D eigenvalue weighted by Gasteiger charge is -2.35. The molecule has 5 heterocycles. The van der Waals surface area contributed by atoms with Gasteiger partial charge in [-0.05, 0) is 42.8 Å². The number of halogens is 4. The van der Waals surface area contributed by atoms with Gasteiger partial charge in [0.25, 0.3) is 0 Å². The summed E-state index contributed by atoms with van der Waals surface area (Å²) >= 11 is 6.00. The first kappa shape index (κ1) is 19.0. The van der Waals surface area contributed by atoms with Crippen LogP contribution in [-0.4, -0.2) is 40.9 Å². The van der Waals surface area contributed by atoms with Gasteiger partial charge in [-0.25, -0.2) is 0 Å². The van der Waals surface area contributed by atoms with Crippen LogP contribution in [-0.2, 0) is 19.1 Å². The van der Waals surface area contributed by atoms with E-state index in [2.05, 4.69) is 20.8 Å². The smallest absolute Gasteiger partial charge is 0.368 e. The zero-order valence-corrected chi connectivity index (χ0v) is 17.0. The SMILES string of the molecule is FC(F)(F)c1ccc(Cl)cc1CN1CCNc2c1c1c(-c3noc(CC4CNC4)n3)n2-1. The van der Waals surface area contributed by atoms with E-state index in [1.165, 1.54) is 12.1 Å². The molecule has 0 spiro atoms. The van der Waals surface area contributed by atoms with Gasteiger partial charge in [0.15, 0.2) is 0 Å². The third kappa shape index (κ3) is 3.08. The molecule has 6 rings (SSSR count). The van der Waals surface area contributed by atoms with E-state index in [1.807, 2.05) is 9.47 Å². The Morgan fingerprint density at radius 2 is 2.06 bits per heavy atom. The van der Waals surface area contributed by atoms with E-state index < -0.39 is 11.7 Å². The minimum atomic E-state index is -4.43. The predicted octanol–water partition coefficient (Wildman–Crippen LogP) is 3.71. The Kier molecular flexibility index (Phi) is 4.07. The van der Waals surface area contributed by atoms with Crippen LogP contribution >= 0.6 is 11.6 Å². The van der Waals surface area contributed by atoms with Crippen LogP contribution in [0.4, 0.5) is 24.7 Å². The van der Waals surface area contributed by atoms with Crippen molar-refractivity contribution >= 4 is 23.1 Å². The van der Waals surface area contributed by atoms with Crippen molar-refractivity contribution in [1.29, 1.82) is 0 Å². The van der Waals surface area contributed by atoms with Gasteiger partial charge in [-0.3, -0.25) is 4.57 Å². The Hall–Kier alpha value is -2.72. The molecule has 2 aromatic rings. The van der Waals surface area contributed by atoms with Crippen molar-refractivity contribution in [3.05, 3.63) is 40.2 Å². The number of rotatable bonds is 5. The van der Waals surface area contributed by atoms with Crippen LogP contribution in [0.1, 0.15) is 17.0 Å². The number of alkyl halides is 3. The highest BCUT2D eigenvalue weighted by molar-refractivity contribution is 6.30. The lowest BCUT2D eigenvalue weighted by Crippen LogP contribution is -2.43. The minimum absolute atomic E-state index is 0.118.